The van der Waals surface area contributed by atoms with E-state index in [4.69, 9.17) is 0 Å². The van der Waals surface area contributed by atoms with Crippen LogP contribution in [0.3, 0.4) is 0 Å². The molecule has 1 aliphatic carbocycles. The number of halogens is 3. The highest BCUT2D eigenvalue weighted by Gasteiger charge is 2.39. The van der Waals surface area contributed by atoms with Gasteiger partial charge in [0, 0.05) is 37.0 Å². The number of rotatable bonds is 7. The fourth-order valence-corrected chi connectivity index (χ4v) is 4.14. The van der Waals surface area contributed by atoms with E-state index >= 15 is 0 Å². The van der Waals surface area contributed by atoms with Gasteiger partial charge < -0.3 is 0 Å². The van der Waals surface area contributed by atoms with Gasteiger partial charge in [-0.1, -0.05) is 0 Å². The Kier molecular flexibility index (Phi) is 5.96. The van der Waals surface area contributed by atoms with E-state index in [-0.39, 0.29) is 41.7 Å². The van der Waals surface area contributed by atoms with Crippen molar-refractivity contribution in [1.29, 1.82) is 0 Å². The normalized spacial score (nSPS) is 18.4. The van der Waals surface area contributed by atoms with Crippen LogP contribution in [0.25, 0.3) is 17.6 Å². The summed E-state index contributed by atoms with van der Waals surface area (Å²) in [6.07, 6.45) is 0.526. The standard InChI is InChI=1S/C20H21F3N6O4S/c1-27-15(18(30)29(19(27)31)6-3-7-34(2,32)33)10-28-11-24-17(26-28)13-8-14(12-4-5-12)25-16(9-13)20(21,22)23/h8-12H,3-7H2,1-2H3/b15-10-. The molecule has 1 saturated carbocycles. The predicted octanol–water partition coefficient (Wildman–Crippen LogP) is 2.36. The van der Waals surface area contributed by atoms with Crippen LogP contribution in [0.2, 0.25) is 0 Å². The number of carbonyl (C=O) groups is 2. The van der Waals surface area contributed by atoms with Gasteiger partial charge in [-0.25, -0.2) is 27.9 Å². The van der Waals surface area contributed by atoms with Crippen molar-refractivity contribution in [1.82, 2.24) is 29.5 Å². The third-order valence-electron chi connectivity index (χ3n) is 5.39. The van der Waals surface area contributed by atoms with Crippen LogP contribution in [0, 0.1) is 0 Å². The molecule has 0 N–H and O–H groups in total. The SMILES string of the molecule is CN1C(=O)N(CCCS(C)(=O)=O)C(=O)/C1=C/n1cnc(-c2cc(C3CC3)nc(C(F)(F)F)c2)n1. The van der Waals surface area contributed by atoms with Crippen LogP contribution in [0.4, 0.5) is 18.0 Å². The van der Waals surface area contributed by atoms with E-state index in [1.807, 2.05) is 0 Å². The Morgan fingerprint density at radius 1 is 1.21 bits per heavy atom. The smallest absolute Gasteiger partial charge is 0.291 e. The first-order chi connectivity index (χ1) is 15.8. The van der Waals surface area contributed by atoms with Gasteiger partial charge in [-0.3, -0.25) is 14.6 Å². The fraction of sp³-hybridized carbons (Fsp3) is 0.450. The lowest BCUT2D eigenvalue weighted by Gasteiger charge is -2.12. The maximum Gasteiger partial charge on any atom is 0.433 e. The Balaban J connectivity index is 1.58. The molecule has 2 aromatic rings. The molecule has 0 spiro atoms. The Labute approximate surface area is 193 Å². The zero-order valence-electron chi connectivity index (χ0n) is 18.3. The topological polar surface area (TPSA) is 118 Å². The van der Waals surface area contributed by atoms with Gasteiger partial charge in [-0.05, 0) is 31.4 Å². The predicted molar refractivity (Wildman–Crippen MR) is 114 cm³/mol. The van der Waals surface area contributed by atoms with Gasteiger partial charge >= 0.3 is 12.2 Å². The van der Waals surface area contributed by atoms with Gasteiger partial charge in [-0.2, -0.15) is 13.2 Å². The van der Waals surface area contributed by atoms with Gasteiger partial charge in [0.1, 0.15) is 27.6 Å². The summed E-state index contributed by atoms with van der Waals surface area (Å²) in [4.78, 5) is 34.9. The number of likely N-dealkylation sites (N-methyl/N-ethyl adjacent to an activating group) is 1. The first-order valence-electron chi connectivity index (χ1n) is 10.3. The highest BCUT2D eigenvalue weighted by Crippen LogP contribution is 2.41. The molecule has 1 saturated heterocycles. The molecule has 2 fully saturated rings. The van der Waals surface area contributed by atoms with Crippen molar-refractivity contribution >= 4 is 28.0 Å². The van der Waals surface area contributed by atoms with Gasteiger partial charge in [0.15, 0.2) is 5.82 Å². The van der Waals surface area contributed by atoms with E-state index in [1.165, 1.54) is 25.6 Å². The molecular weight excluding hydrogens is 477 g/mol. The molecule has 0 unspecified atom stereocenters. The molecule has 1 aliphatic heterocycles. The van der Waals surface area contributed by atoms with Crippen molar-refractivity contribution < 1.29 is 31.2 Å². The van der Waals surface area contributed by atoms with Crippen LogP contribution in [0.1, 0.15) is 36.6 Å². The van der Waals surface area contributed by atoms with E-state index in [0.717, 1.165) is 39.6 Å². The number of alkyl halides is 3. The Bertz CT molecular complexity index is 1280. The maximum atomic E-state index is 13.3. The van der Waals surface area contributed by atoms with Crippen molar-refractivity contribution in [2.24, 2.45) is 0 Å². The average Bonchev–Trinajstić information content (AvgIpc) is 3.46. The van der Waals surface area contributed by atoms with Gasteiger partial charge in [0.25, 0.3) is 5.91 Å². The van der Waals surface area contributed by atoms with E-state index < -0.39 is 33.6 Å². The van der Waals surface area contributed by atoms with E-state index in [2.05, 4.69) is 15.1 Å². The van der Waals surface area contributed by atoms with Gasteiger partial charge in [0.2, 0.25) is 0 Å². The summed E-state index contributed by atoms with van der Waals surface area (Å²) >= 11 is 0. The van der Waals surface area contributed by atoms with Crippen LogP contribution in [-0.4, -0.2) is 75.5 Å². The maximum absolute atomic E-state index is 13.3. The van der Waals surface area contributed by atoms with Crippen molar-refractivity contribution in [3.8, 4) is 11.4 Å². The third kappa shape index (κ3) is 5.11. The summed E-state index contributed by atoms with van der Waals surface area (Å²) in [6.45, 7) is -0.0732. The molecule has 182 valence electrons. The first-order valence-corrected chi connectivity index (χ1v) is 12.4. The van der Waals surface area contributed by atoms with Crippen LogP contribution < -0.4 is 0 Å². The number of imide groups is 1. The number of urea groups is 1. The largest absolute Gasteiger partial charge is 0.433 e. The van der Waals surface area contributed by atoms with Crippen LogP contribution in [0.5, 0.6) is 0 Å². The lowest BCUT2D eigenvalue weighted by molar-refractivity contribution is -0.141. The average molecular weight is 498 g/mol. The summed E-state index contributed by atoms with van der Waals surface area (Å²) < 4.78 is 63.7. The van der Waals surface area contributed by atoms with Crippen LogP contribution >= 0.6 is 0 Å². The zero-order valence-corrected chi connectivity index (χ0v) is 19.1. The monoisotopic (exact) mass is 498 g/mol. The summed E-state index contributed by atoms with van der Waals surface area (Å²) in [5.41, 5.74) is -0.584. The van der Waals surface area contributed by atoms with Crippen LogP contribution in [-0.2, 0) is 20.8 Å². The Morgan fingerprint density at radius 3 is 2.53 bits per heavy atom. The molecule has 0 atom stereocenters. The quantitative estimate of drug-likeness (QED) is 0.425. The second-order valence-corrected chi connectivity index (χ2v) is 10.5. The minimum atomic E-state index is -4.62. The molecule has 0 radical (unpaired) electrons. The van der Waals surface area contributed by atoms with Gasteiger partial charge in [-0.15, -0.1) is 5.10 Å². The number of amides is 3. The van der Waals surface area contributed by atoms with E-state index in [9.17, 15) is 31.2 Å². The van der Waals surface area contributed by atoms with Crippen molar-refractivity contribution in [2.45, 2.75) is 31.4 Å². The molecule has 3 amide bonds. The highest BCUT2D eigenvalue weighted by atomic mass is 32.2. The lowest BCUT2D eigenvalue weighted by atomic mass is 10.1. The third-order valence-corrected chi connectivity index (χ3v) is 6.42. The molecule has 2 aliphatic rings. The van der Waals surface area contributed by atoms with E-state index in [1.54, 1.807) is 0 Å². The second-order valence-electron chi connectivity index (χ2n) is 8.28. The molecule has 3 heterocycles. The Morgan fingerprint density at radius 2 is 1.91 bits per heavy atom. The molecular formula is C20H21F3N6O4S. The molecule has 2 aromatic heterocycles. The zero-order chi connectivity index (χ0) is 24.8. The van der Waals surface area contributed by atoms with Crippen molar-refractivity contribution in [3.63, 3.8) is 0 Å². The number of carbonyl (C=O) groups excluding carboxylic acids is 2. The van der Waals surface area contributed by atoms with Crippen LogP contribution in [0.15, 0.2) is 24.2 Å². The second kappa shape index (κ2) is 8.49. The van der Waals surface area contributed by atoms with Crippen molar-refractivity contribution in [2.75, 3.05) is 25.6 Å². The molecule has 0 bridgehead atoms. The molecule has 10 nitrogen and oxygen atoms in total. The van der Waals surface area contributed by atoms with E-state index in [0.29, 0.717) is 5.69 Å². The summed E-state index contributed by atoms with van der Waals surface area (Å²) in [5, 5.41) is 4.15. The number of aromatic nitrogens is 4. The molecule has 4 rings (SSSR count). The number of pyridine rings is 1. The number of nitrogens with zero attached hydrogens (tertiary/aromatic N) is 6. The summed E-state index contributed by atoms with van der Waals surface area (Å²) in [7, 11) is -1.87. The minimum Gasteiger partial charge on any atom is -0.291 e. The minimum absolute atomic E-state index is 0.0103. The number of hydrogen-bond donors (Lipinski definition) is 0. The lowest BCUT2D eigenvalue weighted by Crippen LogP contribution is -2.33. The van der Waals surface area contributed by atoms with Gasteiger partial charge in [0.05, 0.1) is 12.0 Å². The summed E-state index contributed by atoms with van der Waals surface area (Å²) in [5.74, 6) is -0.823. The molecule has 0 aromatic carbocycles. The fourth-order valence-electron chi connectivity index (χ4n) is 3.49. The molecule has 14 heteroatoms. The number of sulfone groups is 1. The highest BCUT2D eigenvalue weighted by molar-refractivity contribution is 7.90. The number of hydrogen-bond acceptors (Lipinski definition) is 7. The molecule has 34 heavy (non-hydrogen) atoms. The first kappa shape index (κ1) is 23.9. The Hall–Kier alpha value is -3.29. The van der Waals surface area contributed by atoms with Crippen molar-refractivity contribution in [3.05, 3.63) is 35.5 Å². The summed E-state index contributed by atoms with van der Waals surface area (Å²) in [6, 6.07) is 1.78.